The zero-order valence-corrected chi connectivity index (χ0v) is 9.05. The molecule has 0 saturated heterocycles. The van der Waals surface area contributed by atoms with Crippen LogP contribution in [0.5, 0.6) is 0 Å². The highest BCUT2D eigenvalue weighted by Gasteiger charge is 2.12. The van der Waals surface area contributed by atoms with Crippen molar-refractivity contribution in [2.45, 2.75) is 27.7 Å². The van der Waals surface area contributed by atoms with Gasteiger partial charge in [-0.05, 0) is 39.3 Å². The molecule has 0 aliphatic rings. The highest BCUT2D eigenvalue weighted by atomic mass is 16.5. The molecule has 1 heterocycles. The van der Waals surface area contributed by atoms with Gasteiger partial charge in [-0.1, -0.05) is 0 Å². The Morgan fingerprint density at radius 1 is 1.36 bits per heavy atom. The van der Waals surface area contributed by atoms with E-state index in [1.807, 2.05) is 26.8 Å². The van der Waals surface area contributed by atoms with Crippen molar-refractivity contribution in [3.05, 3.63) is 28.6 Å². The molecule has 0 aliphatic carbocycles. The third-order valence-electron chi connectivity index (χ3n) is 2.15. The zero-order valence-electron chi connectivity index (χ0n) is 9.05. The highest BCUT2D eigenvalue weighted by Crippen LogP contribution is 2.12. The minimum atomic E-state index is -0.291. The van der Waals surface area contributed by atoms with E-state index in [9.17, 15) is 4.79 Å². The number of aromatic nitrogens is 1. The van der Waals surface area contributed by atoms with Gasteiger partial charge in [0.1, 0.15) is 0 Å². The van der Waals surface area contributed by atoms with Crippen LogP contribution in [-0.4, -0.2) is 17.6 Å². The highest BCUT2D eigenvalue weighted by molar-refractivity contribution is 5.90. The Hall–Kier alpha value is -1.38. The number of aryl methyl sites for hydroxylation is 3. The third-order valence-corrected chi connectivity index (χ3v) is 2.15. The van der Waals surface area contributed by atoms with Gasteiger partial charge < -0.3 is 4.74 Å². The Bertz CT molecular complexity index is 359. The number of rotatable bonds is 2. The molecule has 3 heteroatoms. The van der Waals surface area contributed by atoms with E-state index in [0.717, 1.165) is 17.0 Å². The van der Waals surface area contributed by atoms with E-state index < -0.39 is 0 Å². The summed E-state index contributed by atoms with van der Waals surface area (Å²) in [5.41, 5.74) is 3.26. The van der Waals surface area contributed by atoms with Crippen LogP contribution >= 0.6 is 0 Å². The normalized spacial score (nSPS) is 10.0. The summed E-state index contributed by atoms with van der Waals surface area (Å²) < 4.78 is 4.92. The van der Waals surface area contributed by atoms with E-state index in [1.54, 1.807) is 6.92 Å². The van der Waals surface area contributed by atoms with Crippen LogP contribution in [0, 0.1) is 20.8 Å². The maximum atomic E-state index is 11.5. The largest absolute Gasteiger partial charge is 0.462 e. The van der Waals surface area contributed by atoms with Gasteiger partial charge >= 0.3 is 5.97 Å². The first kappa shape index (κ1) is 10.7. The van der Waals surface area contributed by atoms with Crippen molar-refractivity contribution in [1.29, 1.82) is 0 Å². The van der Waals surface area contributed by atoms with Crippen molar-refractivity contribution in [3.63, 3.8) is 0 Å². The molecule has 0 unspecified atom stereocenters. The lowest BCUT2D eigenvalue weighted by atomic mass is 10.1. The minimum Gasteiger partial charge on any atom is -0.462 e. The fourth-order valence-corrected chi connectivity index (χ4v) is 1.24. The standard InChI is InChI=1S/C11H15NO2/c1-5-14-11(13)10-6-7(2)8(3)12-9(10)4/h6H,5H2,1-4H3. The molecule has 0 saturated carbocycles. The molecule has 3 nitrogen and oxygen atoms in total. The minimum absolute atomic E-state index is 0.291. The van der Waals surface area contributed by atoms with Crippen LogP contribution in [0.2, 0.25) is 0 Å². The molecule has 0 atom stereocenters. The predicted octanol–water partition coefficient (Wildman–Crippen LogP) is 2.18. The SMILES string of the molecule is CCOC(=O)c1cc(C)c(C)nc1C. The maximum absolute atomic E-state index is 11.5. The first-order chi connectivity index (χ1) is 6.56. The van der Waals surface area contributed by atoms with Crippen LogP contribution in [0.25, 0.3) is 0 Å². The van der Waals surface area contributed by atoms with Crippen LogP contribution in [0.4, 0.5) is 0 Å². The summed E-state index contributed by atoms with van der Waals surface area (Å²) in [5, 5.41) is 0. The zero-order chi connectivity index (χ0) is 10.7. The average molecular weight is 193 g/mol. The Labute approximate surface area is 84.1 Å². The molecule has 1 aromatic rings. The molecular formula is C11H15NO2. The summed E-state index contributed by atoms with van der Waals surface area (Å²) >= 11 is 0. The smallest absolute Gasteiger partial charge is 0.339 e. The van der Waals surface area contributed by atoms with Gasteiger partial charge in [-0.25, -0.2) is 4.79 Å². The number of carbonyl (C=O) groups excluding carboxylic acids is 1. The van der Waals surface area contributed by atoms with Crippen LogP contribution in [0.3, 0.4) is 0 Å². The van der Waals surface area contributed by atoms with Gasteiger partial charge in [0.2, 0.25) is 0 Å². The predicted molar refractivity (Wildman–Crippen MR) is 54.4 cm³/mol. The molecule has 1 aromatic heterocycles. The second-order valence-corrected chi connectivity index (χ2v) is 3.24. The van der Waals surface area contributed by atoms with Crippen molar-refractivity contribution in [1.82, 2.24) is 4.98 Å². The number of nitrogens with zero attached hydrogens (tertiary/aromatic N) is 1. The van der Waals surface area contributed by atoms with E-state index in [4.69, 9.17) is 4.74 Å². The Morgan fingerprint density at radius 3 is 2.57 bits per heavy atom. The third kappa shape index (κ3) is 2.10. The van der Waals surface area contributed by atoms with Gasteiger partial charge in [0.25, 0.3) is 0 Å². The van der Waals surface area contributed by atoms with Gasteiger partial charge in [-0.2, -0.15) is 0 Å². The van der Waals surface area contributed by atoms with E-state index in [1.165, 1.54) is 0 Å². The van der Waals surface area contributed by atoms with E-state index >= 15 is 0 Å². The number of esters is 1. The molecule has 0 radical (unpaired) electrons. The second-order valence-electron chi connectivity index (χ2n) is 3.24. The number of hydrogen-bond donors (Lipinski definition) is 0. The molecule has 1 rings (SSSR count). The quantitative estimate of drug-likeness (QED) is 0.676. The van der Waals surface area contributed by atoms with Crippen LogP contribution in [-0.2, 0) is 4.74 Å². The van der Waals surface area contributed by atoms with Crippen molar-refractivity contribution in [3.8, 4) is 0 Å². The maximum Gasteiger partial charge on any atom is 0.339 e. The van der Waals surface area contributed by atoms with E-state index in [2.05, 4.69) is 4.98 Å². The van der Waals surface area contributed by atoms with Crippen molar-refractivity contribution >= 4 is 5.97 Å². The molecule has 14 heavy (non-hydrogen) atoms. The monoisotopic (exact) mass is 193 g/mol. The van der Waals surface area contributed by atoms with Gasteiger partial charge in [-0.15, -0.1) is 0 Å². The van der Waals surface area contributed by atoms with Crippen molar-refractivity contribution < 1.29 is 9.53 Å². The van der Waals surface area contributed by atoms with Gasteiger partial charge in [0.05, 0.1) is 17.9 Å². The van der Waals surface area contributed by atoms with Gasteiger partial charge in [-0.3, -0.25) is 4.98 Å². The second kappa shape index (κ2) is 4.22. The number of hydrogen-bond acceptors (Lipinski definition) is 3. The van der Waals surface area contributed by atoms with Crippen LogP contribution in [0.15, 0.2) is 6.07 Å². The van der Waals surface area contributed by atoms with Crippen LogP contribution < -0.4 is 0 Å². The Morgan fingerprint density at radius 2 is 2.00 bits per heavy atom. The Kier molecular flexibility index (Phi) is 3.23. The number of pyridine rings is 1. The molecule has 0 aliphatic heterocycles. The fourth-order valence-electron chi connectivity index (χ4n) is 1.24. The molecule has 76 valence electrons. The average Bonchev–Trinajstić information content (AvgIpc) is 2.11. The Balaban J connectivity index is 3.09. The summed E-state index contributed by atoms with van der Waals surface area (Å²) in [7, 11) is 0. The number of ether oxygens (including phenoxy) is 1. The molecule has 0 amide bonds. The molecule has 0 bridgehead atoms. The summed E-state index contributed by atoms with van der Waals surface area (Å²) in [6.45, 7) is 7.87. The topological polar surface area (TPSA) is 39.2 Å². The van der Waals surface area contributed by atoms with Gasteiger partial charge in [0.15, 0.2) is 0 Å². The van der Waals surface area contributed by atoms with E-state index in [-0.39, 0.29) is 5.97 Å². The summed E-state index contributed by atoms with van der Waals surface area (Å²) in [5.74, 6) is -0.291. The lowest BCUT2D eigenvalue weighted by molar-refractivity contribution is 0.0525. The summed E-state index contributed by atoms with van der Waals surface area (Å²) in [6, 6.07) is 1.83. The first-order valence-corrected chi connectivity index (χ1v) is 4.68. The summed E-state index contributed by atoms with van der Waals surface area (Å²) in [6.07, 6.45) is 0. The van der Waals surface area contributed by atoms with Crippen molar-refractivity contribution in [2.24, 2.45) is 0 Å². The van der Waals surface area contributed by atoms with Gasteiger partial charge in [0, 0.05) is 5.69 Å². The number of carbonyl (C=O) groups is 1. The molecule has 0 spiro atoms. The lowest BCUT2D eigenvalue weighted by Crippen LogP contribution is -2.09. The molecular weight excluding hydrogens is 178 g/mol. The van der Waals surface area contributed by atoms with Crippen molar-refractivity contribution in [2.75, 3.05) is 6.61 Å². The molecule has 0 aromatic carbocycles. The molecule has 0 N–H and O–H groups in total. The van der Waals surface area contributed by atoms with Crippen LogP contribution in [0.1, 0.15) is 34.2 Å². The first-order valence-electron chi connectivity index (χ1n) is 4.68. The summed E-state index contributed by atoms with van der Waals surface area (Å²) in [4.78, 5) is 15.7. The fraction of sp³-hybridized carbons (Fsp3) is 0.455. The lowest BCUT2D eigenvalue weighted by Gasteiger charge is -2.07. The van der Waals surface area contributed by atoms with E-state index in [0.29, 0.717) is 12.2 Å². The molecule has 0 fully saturated rings.